The number of nitrogens with one attached hydrogen (secondary N) is 2. The summed E-state index contributed by atoms with van der Waals surface area (Å²) in [5.41, 5.74) is -0.398. The molecule has 9 nitrogen and oxygen atoms in total. The van der Waals surface area contributed by atoms with Crippen molar-refractivity contribution in [3.05, 3.63) is 0 Å². The second-order valence-corrected chi connectivity index (χ2v) is 7.45. The quantitative estimate of drug-likeness (QED) is 0.315. The molecular weight excluding hydrogens is 380 g/mol. The van der Waals surface area contributed by atoms with Crippen LogP contribution < -0.4 is 10.6 Å². The van der Waals surface area contributed by atoms with Gasteiger partial charge in [-0.25, -0.2) is 0 Å². The molecule has 0 aliphatic carbocycles. The molecule has 2 amide bonds. The minimum atomic E-state index is -0.398. The first kappa shape index (κ1) is 27.5. The van der Waals surface area contributed by atoms with Crippen LogP contribution in [0.1, 0.15) is 40.5 Å². The molecule has 29 heavy (non-hydrogen) atoms. The van der Waals surface area contributed by atoms with Gasteiger partial charge >= 0.3 is 0 Å². The predicted octanol–water partition coefficient (Wildman–Crippen LogP) is 0.701. The highest BCUT2D eigenvalue weighted by Gasteiger charge is 2.20. The first-order valence-electron chi connectivity index (χ1n) is 10.1. The van der Waals surface area contributed by atoms with E-state index in [-0.39, 0.29) is 30.8 Å². The van der Waals surface area contributed by atoms with Crippen LogP contribution >= 0.6 is 0 Å². The number of rotatable bonds is 18. The SMILES string of the molecule is CCCC(=O)NCCOCCOCC(=O)NCCOCCOCC(=O)C(C)(C)C. The van der Waals surface area contributed by atoms with Crippen molar-refractivity contribution in [2.24, 2.45) is 5.41 Å². The van der Waals surface area contributed by atoms with Crippen LogP contribution in [0.4, 0.5) is 0 Å². The van der Waals surface area contributed by atoms with Crippen LogP contribution in [-0.4, -0.2) is 83.5 Å². The number of hydrogen-bond acceptors (Lipinski definition) is 7. The van der Waals surface area contributed by atoms with E-state index in [1.807, 2.05) is 27.7 Å². The van der Waals surface area contributed by atoms with E-state index < -0.39 is 5.41 Å². The van der Waals surface area contributed by atoms with Crippen LogP contribution in [0, 0.1) is 5.41 Å². The van der Waals surface area contributed by atoms with Crippen LogP contribution in [0.2, 0.25) is 0 Å². The minimum absolute atomic E-state index is 0.0242. The summed E-state index contributed by atoms with van der Waals surface area (Å²) in [7, 11) is 0. The summed E-state index contributed by atoms with van der Waals surface area (Å²) >= 11 is 0. The average molecular weight is 419 g/mol. The van der Waals surface area contributed by atoms with E-state index in [2.05, 4.69) is 10.6 Å². The summed E-state index contributed by atoms with van der Waals surface area (Å²) in [6.45, 7) is 10.5. The van der Waals surface area contributed by atoms with Gasteiger partial charge in [0.05, 0.1) is 39.6 Å². The highest BCUT2D eigenvalue weighted by molar-refractivity contribution is 5.84. The summed E-state index contributed by atoms with van der Waals surface area (Å²) in [5, 5.41) is 5.42. The highest BCUT2D eigenvalue weighted by atomic mass is 16.5. The molecule has 9 heteroatoms. The molecular formula is C20H38N2O7. The van der Waals surface area contributed by atoms with E-state index in [9.17, 15) is 14.4 Å². The van der Waals surface area contributed by atoms with Gasteiger partial charge in [-0.1, -0.05) is 27.7 Å². The van der Waals surface area contributed by atoms with Crippen LogP contribution in [0.5, 0.6) is 0 Å². The second kappa shape index (κ2) is 17.3. The Hall–Kier alpha value is -1.55. The molecule has 0 unspecified atom stereocenters. The van der Waals surface area contributed by atoms with Gasteiger partial charge in [0.25, 0.3) is 0 Å². The van der Waals surface area contributed by atoms with E-state index in [0.717, 1.165) is 6.42 Å². The van der Waals surface area contributed by atoms with Crippen molar-refractivity contribution in [3.8, 4) is 0 Å². The first-order chi connectivity index (χ1) is 13.8. The number of hydrogen-bond donors (Lipinski definition) is 2. The fraction of sp³-hybridized carbons (Fsp3) is 0.850. The van der Waals surface area contributed by atoms with Crippen molar-refractivity contribution in [2.45, 2.75) is 40.5 Å². The molecule has 0 heterocycles. The summed E-state index contributed by atoms with van der Waals surface area (Å²) in [5.74, 6) is -0.155. The van der Waals surface area contributed by atoms with Crippen molar-refractivity contribution >= 4 is 17.6 Å². The van der Waals surface area contributed by atoms with Crippen molar-refractivity contribution in [3.63, 3.8) is 0 Å². The van der Waals surface area contributed by atoms with Gasteiger partial charge in [0, 0.05) is 24.9 Å². The van der Waals surface area contributed by atoms with E-state index in [4.69, 9.17) is 18.9 Å². The standard InChI is InChI=1S/C20H38N2O7/c1-5-6-18(24)21-7-9-26-12-14-29-16-19(25)22-8-10-27-11-13-28-15-17(23)20(2,3)4/h5-16H2,1-4H3,(H,21,24)(H,22,25). The molecule has 0 aromatic rings. The zero-order valence-electron chi connectivity index (χ0n) is 18.3. The van der Waals surface area contributed by atoms with Crippen molar-refractivity contribution in [1.29, 1.82) is 0 Å². The third-order valence-corrected chi connectivity index (χ3v) is 3.66. The zero-order valence-corrected chi connectivity index (χ0v) is 18.3. The molecule has 0 saturated heterocycles. The number of amides is 2. The molecule has 0 bridgehead atoms. The van der Waals surface area contributed by atoms with Gasteiger partial charge in [-0.15, -0.1) is 0 Å². The molecule has 0 aliphatic heterocycles. The lowest BCUT2D eigenvalue weighted by Crippen LogP contribution is -2.31. The van der Waals surface area contributed by atoms with Crippen molar-refractivity contribution in [1.82, 2.24) is 10.6 Å². The van der Waals surface area contributed by atoms with Gasteiger partial charge in [0.1, 0.15) is 13.2 Å². The first-order valence-corrected chi connectivity index (χ1v) is 10.1. The summed E-state index contributed by atoms with van der Waals surface area (Å²) < 4.78 is 21.1. The Morgan fingerprint density at radius 2 is 1.17 bits per heavy atom. The molecule has 0 aromatic carbocycles. The normalized spacial score (nSPS) is 11.3. The number of carbonyl (C=O) groups excluding carboxylic acids is 3. The van der Waals surface area contributed by atoms with E-state index >= 15 is 0 Å². The maximum Gasteiger partial charge on any atom is 0.246 e. The molecule has 0 spiro atoms. The highest BCUT2D eigenvalue weighted by Crippen LogP contribution is 2.14. The summed E-state index contributed by atoms with van der Waals surface area (Å²) in [6, 6.07) is 0. The van der Waals surface area contributed by atoms with Gasteiger partial charge in [0.15, 0.2) is 5.78 Å². The van der Waals surface area contributed by atoms with Gasteiger partial charge in [0.2, 0.25) is 11.8 Å². The summed E-state index contributed by atoms with van der Waals surface area (Å²) in [4.78, 5) is 34.4. The Kier molecular flexibility index (Phi) is 16.4. The molecule has 2 N–H and O–H groups in total. The largest absolute Gasteiger partial charge is 0.377 e. The van der Waals surface area contributed by atoms with Gasteiger partial charge in [-0.05, 0) is 6.42 Å². The van der Waals surface area contributed by atoms with Gasteiger partial charge in [-0.3, -0.25) is 14.4 Å². The third kappa shape index (κ3) is 18.2. The lowest BCUT2D eigenvalue weighted by Gasteiger charge is -2.16. The van der Waals surface area contributed by atoms with Crippen molar-refractivity contribution < 1.29 is 33.3 Å². The molecule has 0 fully saturated rings. The van der Waals surface area contributed by atoms with Crippen LogP contribution in [0.3, 0.4) is 0 Å². The lowest BCUT2D eigenvalue weighted by molar-refractivity contribution is -0.131. The second-order valence-electron chi connectivity index (χ2n) is 7.45. The number of ketones is 1. The Balaban J connectivity index is 3.34. The Morgan fingerprint density at radius 1 is 0.690 bits per heavy atom. The summed E-state index contributed by atoms with van der Waals surface area (Å²) in [6.07, 6.45) is 1.35. The number of Topliss-reactive ketones (excluding diaryl/α,β-unsaturated/α-hetero) is 1. The fourth-order valence-electron chi connectivity index (χ4n) is 1.88. The van der Waals surface area contributed by atoms with Crippen molar-refractivity contribution in [2.75, 3.05) is 65.9 Å². The molecule has 0 saturated carbocycles. The minimum Gasteiger partial charge on any atom is -0.377 e. The predicted molar refractivity (Wildman–Crippen MR) is 109 cm³/mol. The Labute approximate surface area is 174 Å². The van der Waals surface area contributed by atoms with E-state index in [1.165, 1.54) is 0 Å². The average Bonchev–Trinajstić information content (AvgIpc) is 2.65. The number of ether oxygens (including phenoxy) is 4. The molecule has 0 atom stereocenters. The smallest absolute Gasteiger partial charge is 0.246 e. The van der Waals surface area contributed by atoms with Crippen LogP contribution in [0.15, 0.2) is 0 Å². The Bertz CT molecular complexity index is 464. The zero-order chi connectivity index (χ0) is 22.0. The lowest BCUT2D eigenvalue weighted by atomic mass is 9.91. The molecule has 0 aliphatic rings. The van der Waals surface area contributed by atoms with Gasteiger partial charge in [-0.2, -0.15) is 0 Å². The van der Waals surface area contributed by atoms with Crippen LogP contribution in [0.25, 0.3) is 0 Å². The molecule has 0 rings (SSSR count). The van der Waals surface area contributed by atoms with E-state index in [0.29, 0.717) is 59.2 Å². The maximum atomic E-state index is 11.6. The topological polar surface area (TPSA) is 112 Å². The number of carbonyl (C=O) groups is 3. The molecule has 0 radical (unpaired) electrons. The van der Waals surface area contributed by atoms with Crippen LogP contribution in [-0.2, 0) is 33.3 Å². The van der Waals surface area contributed by atoms with E-state index in [1.54, 1.807) is 0 Å². The third-order valence-electron chi connectivity index (χ3n) is 3.66. The molecule has 170 valence electrons. The van der Waals surface area contributed by atoms with Gasteiger partial charge < -0.3 is 29.6 Å². The Morgan fingerprint density at radius 3 is 1.69 bits per heavy atom. The maximum absolute atomic E-state index is 11.6. The molecule has 0 aromatic heterocycles. The fourth-order valence-corrected chi connectivity index (χ4v) is 1.88. The monoisotopic (exact) mass is 418 g/mol.